The number of halogens is 3. The number of amides is 1. The van der Waals surface area contributed by atoms with Crippen molar-refractivity contribution < 1.29 is 22.7 Å². The lowest BCUT2D eigenvalue weighted by Gasteiger charge is -2.13. The fraction of sp³-hybridized carbons (Fsp3) is 0.417. The second-order valence-electron chi connectivity index (χ2n) is 3.77. The summed E-state index contributed by atoms with van der Waals surface area (Å²) >= 11 is 0. The second kappa shape index (κ2) is 6.31. The van der Waals surface area contributed by atoms with E-state index in [0.717, 1.165) is 0 Å². The normalized spacial score (nSPS) is 11.2. The number of rotatable bonds is 5. The number of hydrogen-bond donors (Lipinski definition) is 2. The van der Waals surface area contributed by atoms with Gasteiger partial charge in [0.05, 0.1) is 13.0 Å². The zero-order valence-corrected chi connectivity index (χ0v) is 10.4. The Labute approximate surface area is 108 Å². The van der Waals surface area contributed by atoms with Gasteiger partial charge in [0.1, 0.15) is 11.3 Å². The summed E-state index contributed by atoms with van der Waals surface area (Å²) in [6.07, 6.45) is -5.40. The molecule has 0 aliphatic heterocycles. The third-order valence-electron chi connectivity index (χ3n) is 2.28. The van der Waals surface area contributed by atoms with Crippen molar-refractivity contribution in [2.24, 2.45) is 0 Å². The maximum atomic E-state index is 12.0. The highest BCUT2D eigenvalue weighted by atomic mass is 19.4. The fourth-order valence-electron chi connectivity index (χ4n) is 1.47. The number of hydrogen-bond acceptors (Lipinski definition) is 3. The van der Waals surface area contributed by atoms with Crippen molar-refractivity contribution in [1.82, 2.24) is 5.32 Å². The van der Waals surface area contributed by atoms with Gasteiger partial charge in [-0.1, -0.05) is 6.07 Å². The molecule has 0 radical (unpaired) electrons. The molecule has 0 saturated heterocycles. The van der Waals surface area contributed by atoms with Crippen molar-refractivity contribution in [2.75, 3.05) is 18.9 Å². The van der Waals surface area contributed by atoms with E-state index < -0.39 is 25.0 Å². The first-order chi connectivity index (χ1) is 8.85. The average molecular weight is 276 g/mol. The largest absolute Gasteiger partial charge is 0.493 e. The summed E-state index contributed by atoms with van der Waals surface area (Å²) in [4.78, 5) is 11.8. The van der Waals surface area contributed by atoms with Gasteiger partial charge in [0.2, 0.25) is 0 Å². The van der Waals surface area contributed by atoms with E-state index in [0.29, 0.717) is 6.61 Å². The number of nitrogens with one attached hydrogen (secondary N) is 1. The molecule has 0 unspecified atom stereocenters. The van der Waals surface area contributed by atoms with Gasteiger partial charge in [0.25, 0.3) is 5.91 Å². The first-order valence-electron chi connectivity index (χ1n) is 5.71. The maximum Gasteiger partial charge on any atom is 0.390 e. The van der Waals surface area contributed by atoms with Crippen molar-refractivity contribution in [2.45, 2.75) is 19.5 Å². The predicted molar refractivity (Wildman–Crippen MR) is 65.0 cm³/mol. The van der Waals surface area contributed by atoms with E-state index in [4.69, 9.17) is 10.5 Å². The van der Waals surface area contributed by atoms with Gasteiger partial charge in [-0.05, 0) is 19.1 Å². The molecule has 1 amide bonds. The van der Waals surface area contributed by atoms with E-state index in [1.165, 1.54) is 6.07 Å². The molecule has 1 aromatic carbocycles. The monoisotopic (exact) mass is 276 g/mol. The lowest BCUT2D eigenvalue weighted by Crippen LogP contribution is -2.29. The number of carbonyl (C=O) groups excluding carboxylic acids is 1. The topological polar surface area (TPSA) is 64.3 Å². The van der Waals surface area contributed by atoms with E-state index in [1.807, 2.05) is 0 Å². The third-order valence-corrected chi connectivity index (χ3v) is 2.28. The van der Waals surface area contributed by atoms with Gasteiger partial charge in [-0.25, -0.2) is 0 Å². The summed E-state index contributed by atoms with van der Waals surface area (Å²) in [5.41, 5.74) is 5.87. The molecule has 0 heterocycles. The van der Waals surface area contributed by atoms with Crippen LogP contribution in [0.25, 0.3) is 0 Å². The van der Waals surface area contributed by atoms with Crippen LogP contribution in [0.4, 0.5) is 18.9 Å². The average Bonchev–Trinajstić information content (AvgIpc) is 2.27. The lowest BCUT2D eigenvalue weighted by atomic mass is 10.1. The molecule has 0 atom stereocenters. The quantitative estimate of drug-likeness (QED) is 0.811. The standard InChI is InChI=1S/C12H15F3N2O2/c1-2-19-9-5-3-4-8(16)10(9)11(18)17-7-6-12(13,14)15/h3-5H,2,6-7,16H2,1H3,(H,17,18). The van der Waals surface area contributed by atoms with Gasteiger partial charge < -0.3 is 15.8 Å². The molecule has 0 spiro atoms. The Morgan fingerprint density at radius 3 is 2.68 bits per heavy atom. The minimum Gasteiger partial charge on any atom is -0.493 e. The van der Waals surface area contributed by atoms with Crippen molar-refractivity contribution >= 4 is 11.6 Å². The number of benzene rings is 1. The molecule has 0 fully saturated rings. The highest BCUT2D eigenvalue weighted by molar-refractivity contribution is 6.01. The van der Waals surface area contributed by atoms with Crippen LogP contribution in [-0.4, -0.2) is 25.2 Å². The molecule has 0 aliphatic carbocycles. The SMILES string of the molecule is CCOc1cccc(N)c1C(=O)NCCC(F)(F)F. The zero-order chi connectivity index (χ0) is 14.5. The van der Waals surface area contributed by atoms with Gasteiger partial charge in [0.15, 0.2) is 0 Å². The van der Waals surface area contributed by atoms with Crippen LogP contribution in [0, 0.1) is 0 Å². The third kappa shape index (κ3) is 4.69. The van der Waals surface area contributed by atoms with Gasteiger partial charge in [0, 0.05) is 12.2 Å². The molecular weight excluding hydrogens is 261 g/mol. The second-order valence-corrected chi connectivity index (χ2v) is 3.77. The Bertz CT molecular complexity index is 447. The summed E-state index contributed by atoms with van der Waals surface area (Å²) in [6, 6.07) is 4.63. The van der Waals surface area contributed by atoms with Gasteiger partial charge in [-0.2, -0.15) is 13.2 Å². The van der Waals surface area contributed by atoms with E-state index >= 15 is 0 Å². The minimum absolute atomic E-state index is 0.0616. The summed E-state index contributed by atoms with van der Waals surface area (Å²) in [7, 11) is 0. The van der Waals surface area contributed by atoms with Crippen LogP contribution in [-0.2, 0) is 0 Å². The number of anilines is 1. The number of alkyl halides is 3. The molecule has 4 nitrogen and oxygen atoms in total. The van der Waals surface area contributed by atoms with E-state index in [9.17, 15) is 18.0 Å². The van der Waals surface area contributed by atoms with Crippen LogP contribution in [0.2, 0.25) is 0 Å². The van der Waals surface area contributed by atoms with Gasteiger partial charge in [-0.15, -0.1) is 0 Å². The summed E-state index contributed by atoms with van der Waals surface area (Å²) in [5.74, 6) is -0.419. The molecule has 106 valence electrons. The molecule has 0 aromatic heterocycles. The summed E-state index contributed by atoms with van der Waals surface area (Å²) in [5, 5.41) is 2.18. The Hall–Kier alpha value is -1.92. The van der Waals surface area contributed by atoms with E-state index in [1.54, 1.807) is 19.1 Å². The maximum absolute atomic E-state index is 12.0. The van der Waals surface area contributed by atoms with E-state index in [2.05, 4.69) is 5.32 Å². The van der Waals surface area contributed by atoms with Crippen LogP contribution in [0.3, 0.4) is 0 Å². The fourth-order valence-corrected chi connectivity index (χ4v) is 1.47. The highest BCUT2D eigenvalue weighted by Gasteiger charge is 2.27. The predicted octanol–water partition coefficient (Wildman–Crippen LogP) is 2.35. The van der Waals surface area contributed by atoms with Crippen molar-refractivity contribution in [3.63, 3.8) is 0 Å². The molecule has 0 saturated carbocycles. The molecule has 3 N–H and O–H groups in total. The molecule has 0 aliphatic rings. The molecule has 7 heteroatoms. The number of nitrogens with two attached hydrogens (primary N) is 1. The van der Waals surface area contributed by atoms with Crippen LogP contribution in [0.5, 0.6) is 5.75 Å². The minimum atomic E-state index is -4.31. The first-order valence-corrected chi connectivity index (χ1v) is 5.71. The molecule has 0 bridgehead atoms. The molecule has 1 rings (SSSR count). The lowest BCUT2D eigenvalue weighted by molar-refractivity contribution is -0.132. The first kappa shape index (κ1) is 15.1. The van der Waals surface area contributed by atoms with Gasteiger partial charge >= 0.3 is 6.18 Å². The smallest absolute Gasteiger partial charge is 0.390 e. The molecule has 1 aromatic rings. The Kier molecular flexibility index (Phi) is 5.02. The Balaban J connectivity index is 2.76. The van der Waals surface area contributed by atoms with E-state index in [-0.39, 0.29) is 17.0 Å². The van der Waals surface area contributed by atoms with Crippen LogP contribution >= 0.6 is 0 Å². The number of carbonyl (C=O) groups is 1. The van der Waals surface area contributed by atoms with Crippen molar-refractivity contribution in [3.8, 4) is 5.75 Å². The number of ether oxygens (including phenoxy) is 1. The highest BCUT2D eigenvalue weighted by Crippen LogP contribution is 2.24. The van der Waals surface area contributed by atoms with Crippen LogP contribution < -0.4 is 15.8 Å². The summed E-state index contributed by atoms with van der Waals surface area (Å²) < 4.78 is 41.2. The number of nitrogen functional groups attached to an aromatic ring is 1. The van der Waals surface area contributed by atoms with Crippen molar-refractivity contribution in [1.29, 1.82) is 0 Å². The summed E-state index contributed by atoms with van der Waals surface area (Å²) in [6.45, 7) is 1.56. The van der Waals surface area contributed by atoms with Crippen LogP contribution in [0.15, 0.2) is 18.2 Å². The Morgan fingerprint density at radius 1 is 1.42 bits per heavy atom. The zero-order valence-electron chi connectivity index (χ0n) is 10.4. The van der Waals surface area contributed by atoms with Crippen LogP contribution in [0.1, 0.15) is 23.7 Å². The molecular formula is C12H15F3N2O2. The van der Waals surface area contributed by atoms with Crippen molar-refractivity contribution in [3.05, 3.63) is 23.8 Å². The van der Waals surface area contributed by atoms with Gasteiger partial charge in [-0.3, -0.25) is 4.79 Å². The molecule has 19 heavy (non-hydrogen) atoms. The Morgan fingerprint density at radius 2 is 2.11 bits per heavy atom.